The largest absolute Gasteiger partial charge is 0.481 e. The molecular weight excluding hydrogens is 348 g/mol. The Kier molecular flexibility index (Phi) is 5.15. The van der Waals surface area contributed by atoms with Gasteiger partial charge >= 0.3 is 0 Å². The van der Waals surface area contributed by atoms with E-state index in [4.69, 9.17) is 22.2 Å². The molecule has 0 radical (unpaired) electrons. The van der Waals surface area contributed by atoms with Crippen molar-refractivity contribution in [1.82, 2.24) is 9.55 Å². The van der Waals surface area contributed by atoms with Crippen LogP contribution in [0.2, 0.25) is 0 Å². The lowest BCUT2D eigenvalue weighted by atomic mass is 10.2. The Hall–Kier alpha value is -3.37. The highest BCUT2D eigenvalue weighted by Gasteiger charge is 2.15. The normalized spacial score (nSPS) is 11.4. The summed E-state index contributed by atoms with van der Waals surface area (Å²) in [6.45, 7) is 1.65. The lowest BCUT2D eigenvalue weighted by molar-refractivity contribution is -0.122. The monoisotopic (exact) mass is 364 g/mol. The van der Waals surface area contributed by atoms with Crippen LogP contribution in [0.3, 0.4) is 0 Å². The molecule has 1 atom stereocenters. The second-order valence-corrected chi connectivity index (χ2v) is 5.96. The summed E-state index contributed by atoms with van der Waals surface area (Å²) in [7, 11) is 0. The van der Waals surface area contributed by atoms with E-state index >= 15 is 0 Å². The Morgan fingerprint density at radius 2 is 2.12 bits per heavy atom. The van der Waals surface area contributed by atoms with Crippen LogP contribution >= 0.6 is 12.2 Å². The van der Waals surface area contributed by atoms with Crippen LogP contribution in [-0.2, 0) is 4.79 Å². The molecule has 0 saturated carbocycles. The van der Waals surface area contributed by atoms with Crippen molar-refractivity contribution in [3.8, 4) is 17.5 Å². The van der Waals surface area contributed by atoms with Crippen LogP contribution in [0.4, 0.5) is 5.69 Å². The highest BCUT2D eigenvalue weighted by Crippen LogP contribution is 2.17. The topological polar surface area (TPSA) is 82.8 Å². The minimum atomic E-state index is -0.720. The fourth-order valence-electron chi connectivity index (χ4n) is 2.40. The number of carbonyl (C=O) groups excluding carboxylic acids is 1. The number of amides is 1. The molecule has 2 aromatic carbocycles. The zero-order valence-corrected chi connectivity index (χ0v) is 14.8. The molecular formula is C19H16N4O2S. The molecule has 0 unspecified atom stereocenters. The maximum Gasteiger partial charge on any atom is 0.265 e. The smallest absolute Gasteiger partial charge is 0.265 e. The van der Waals surface area contributed by atoms with Crippen LogP contribution in [0.15, 0.2) is 60.9 Å². The van der Waals surface area contributed by atoms with Crippen molar-refractivity contribution in [1.29, 1.82) is 5.26 Å². The number of hydrogen-bond acceptors (Lipinski definition) is 4. The molecule has 0 spiro atoms. The average Bonchev–Trinajstić information content (AvgIpc) is 3.08. The number of nitrogens with one attached hydrogen (secondary N) is 2. The molecule has 0 aliphatic rings. The van der Waals surface area contributed by atoms with Crippen molar-refractivity contribution >= 4 is 23.8 Å². The minimum Gasteiger partial charge on any atom is -0.481 e. The first-order valence-electron chi connectivity index (χ1n) is 7.91. The first-order valence-corrected chi connectivity index (χ1v) is 8.32. The van der Waals surface area contributed by atoms with E-state index in [2.05, 4.69) is 10.3 Å². The van der Waals surface area contributed by atoms with E-state index in [-0.39, 0.29) is 5.91 Å². The van der Waals surface area contributed by atoms with Crippen molar-refractivity contribution < 1.29 is 9.53 Å². The van der Waals surface area contributed by atoms with E-state index in [9.17, 15) is 4.79 Å². The van der Waals surface area contributed by atoms with Crippen LogP contribution in [0.5, 0.6) is 5.75 Å². The number of carbonyl (C=O) groups is 1. The number of benzene rings is 2. The third-order valence-electron chi connectivity index (χ3n) is 3.69. The Bertz CT molecular complexity index is 1030. The van der Waals surface area contributed by atoms with E-state index in [1.54, 1.807) is 48.0 Å². The molecule has 3 aromatic rings. The van der Waals surface area contributed by atoms with Gasteiger partial charge in [-0.2, -0.15) is 5.26 Å². The molecule has 0 fully saturated rings. The number of aromatic nitrogens is 2. The van der Waals surface area contributed by atoms with Gasteiger partial charge < -0.3 is 15.0 Å². The quantitative estimate of drug-likeness (QED) is 0.674. The summed E-state index contributed by atoms with van der Waals surface area (Å²) in [6, 6.07) is 16.1. The number of imidazole rings is 1. The zero-order valence-electron chi connectivity index (χ0n) is 14.0. The van der Waals surface area contributed by atoms with Crippen molar-refractivity contribution in [3.05, 3.63) is 71.3 Å². The van der Waals surface area contributed by atoms with Gasteiger partial charge in [0.15, 0.2) is 10.9 Å². The number of nitrogens with zero attached hydrogens (tertiary/aromatic N) is 2. The van der Waals surface area contributed by atoms with Gasteiger partial charge in [0.25, 0.3) is 5.91 Å². The van der Waals surface area contributed by atoms with E-state index in [0.717, 1.165) is 5.69 Å². The highest BCUT2D eigenvalue weighted by molar-refractivity contribution is 7.71. The van der Waals surface area contributed by atoms with Crippen molar-refractivity contribution in [2.75, 3.05) is 5.32 Å². The number of nitriles is 1. The lowest BCUT2D eigenvalue weighted by Gasteiger charge is -2.15. The number of H-pyrrole nitrogens is 1. The Morgan fingerprint density at radius 1 is 1.31 bits per heavy atom. The Morgan fingerprint density at radius 3 is 2.85 bits per heavy atom. The molecule has 2 N–H and O–H groups in total. The maximum atomic E-state index is 12.4. The number of ether oxygens (including phenoxy) is 1. The van der Waals surface area contributed by atoms with Crippen molar-refractivity contribution in [3.63, 3.8) is 0 Å². The number of aromatic amines is 1. The molecule has 1 amide bonds. The average molecular weight is 364 g/mol. The molecule has 7 heteroatoms. The predicted octanol–water partition coefficient (Wildman–Crippen LogP) is 3.81. The van der Waals surface area contributed by atoms with Gasteiger partial charge in [-0.05, 0) is 55.5 Å². The van der Waals surface area contributed by atoms with Crippen LogP contribution in [-0.4, -0.2) is 21.6 Å². The van der Waals surface area contributed by atoms with Crippen LogP contribution in [0.1, 0.15) is 12.5 Å². The zero-order chi connectivity index (χ0) is 18.5. The molecule has 1 aromatic heterocycles. The second-order valence-electron chi connectivity index (χ2n) is 5.57. The molecule has 0 aliphatic heterocycles. The number of hydrogen-bond donors (Lipinski definition) is 2. The minimum absolute atomic E-state index is 0.290. The highest BCUT2D eigenvalue weighted by atomic mass is 32.1. The summed E-state index contributed by atoms with van der Waals surface area (Å²) in [4.78, 5) is 15.3. The summed E-state index contributed by atoms with van der Waals surface area (Å²) >= 11 is 5.21. The third kappa shape index (κ3) is 3.99. The van der Waals surface area contributed by atoms with E-state index in [0.29, 0.717) is 21.8 Å². The van der Waals surface area contributed by atoms with E-state index < -0.39 is 6.10 Å². The number of anilines is 1. The van der Waals surface area contributed by atoms with Gasteiger partial charge in [-0.3, -0.25) is 9.36 Å². The van der Waals surface area contributed by atoms with Gasteiger partial charge in [-0.25, -0.2) is 0 Å². The summed E-state index contributed by atoms with van der Waals surface area (Å²) in [6.07, 6.45) is 2.85. The Labute approximate surface area is 155 Å². The molecule has 0 bridgehead atoms. The summed E-state index contributed by atoms with van der Waals surface area (Å²) in [5.41, 5.74) is 1.95. The fraction of sp³-hybridized carbons (Fsp3) is 0.105. The first-order chi connectivity index (χ1) is 12.6. The van der Waals surface area contributed by atoms with Gasteiger partial charge in [0.05, 0.1) is 11.6 Å². The molecule has 0 aliphatic carbocycles. The van der Waals surface area contributed by atoms with Crippen molar-refractivity contribution in [2.45, 2.75) is 13.0 Å². The fourth-order valence-corrected chi connectivity index (χ4v) is 2.63. The molecule has 130 valence electrons. The Balaban J connectivity index is 1.70. The van der Waals surface area contributed by atoms with Gasteiger partial charge in [0.2, 0.25) is 0 Å². The predicted molar refractivity (Wildman–Crippen MR) is 101 cm³/mol. The number of rotatable bonds is 5. The van der Waals surface area contributed by atoms with Gasteiger partial charge in [0, 0.05) is 23.8 Å². The van der Waals surface area contributed by atoms with Gasteiger partial charge in [-0.15, -0.1) is 0 Å². The van der Waals surface area contributed by atoms with Gasteiger partial charge in [-0.1, -0.05) is 12.1 Å². The third-order valence-corrected chi connectivity index (χ3v) is 4.00. The van der Waals surface area contributed by atoms with Crippen LogP contribution in [0, 0.1) is 16.1 Å². The van der Waals surface area contributed by atoms with E-state index in [1.165, 1.54) is 0 Å². The summed E-state index contributed by atoms with van der Waals surface area (Å²) in [5, 5.41) is 11.8. The van der Waals surface area contributed by atoms with Crippen LogP contribution in [0.25, 0.3) is 5.69 Å². The van der Waals surface area contributed by atoms with Crippen LogP contribution < -0.4 is 10.1 Å². The summed E-state index contributed by atoms with van der Waals surface area (Å²) < 4.78 is 8.00. The molecule has 6 nitrogen and oxygen atoms in total. The summed E-state index contributed by atoms with van der Waals surface area (Å²) in [5.74, 6) is 0.182. The first kappa shape index (κ1) is 17.5. The standard InChI is InChI=1S/C19H16N4O2S/c1-13(25-17-7-2-4-14(10-17)12-20)18(24)22-15-5-3-6-16(11-15)23-9-8-21-19(23)26/h2-11,13H,1H3,(H,21,26)(H,22,24)/t13-/m1/s1. The van der Waals surface area contributed by atoms with Crippen molar-refractivity contribution in [2.24, 2.45) is 0 Å². The van der Waals surface area contributed by atoms with E-state index in [1.807, 2.05) is 30.5 Å². The molecule has 1 heterocycles. The molecule has 0 saturated heterocycles. The lowest BCUT2D eigenvalue weighted by Crippen LogP contribution is -2.30. The molecule has 3 rings (SSSR count). The van der Waals surface area contributed by atoms with Gasteiger partial charge in [0.1, 0.15) is 5.75 Å². The second kappa shape index (κ2) is 7.68. The SMILES string of the molecule is C[C@@H](Oc1cccc(C#N)c1)C(=O)Nc1cccc(-n2cc[nH]c2=S)c1. The maximum absolute atomic E-state index is 12.4. The molecule has 26 heavy (non-hydrogen) atoms.